The highest BCUT2D eigenvalue weighted by molar-refractivity contribution is 4.87. The molecule has 5 heteroatoms. The molecule has 17 heavy (non-hydrogen) atoms. The Hall–Kier alpha value is -0.940. The molecule has 0 saturated carbocycles. The highest BCUT2D eigenvalue weighted by Gasteiger charge is 2.26. The third kappa shape index (κ3) is 3.26. The minimum atomic E-state index is 0.653. The second-order valence-corrected chi connectivity index (χ2v) is 4.90. The Morgan fingerprint density at radius 2 is 2.35 bits per heavy atom. The number of rotatable bonds is 4. The number of aromatic nitrogens is 2. The summed E-state index contributed by atoms with van der Waals surface area (Å²) in [6.45, 7) is 10.4. The van der Waals surface area contributed by atoms with Crippen LogP contribution in [0.25, 0.3) is 0 Å². The van der Waals surface area contributed by atoms with Gasteiger partial charge >= 0.3 is 0 Å². The van der Waals surface area contributed by atoms with Gasteiger partial charge in [-0.05, 0) is 25.8 Å². The van der Waals surface area contributed by atoms with Gasteiger partial charge in [0.15, 0.2) is 5.82 Å². The summed E-state index contributed by atoms with van der Waals surface area (Å²) in [5, 5.41) is 7.37. The highest BCUT2D eigenvalue weighted by atomic mass is 16.5. The molecule has 0 amide bonds. The molecular formula is C12H22N4O. The Morgan fingerprint density at radius 3 is 2.94 bits per heavy atom. The van der Waals surface area contributed by atoms with Crippen molar-refractivity contribution in [3.8, 4) is 0 Å². The van der Waals surface area contributed by atoms with E-state index in [0.717, 1.165) is 37.9 Å². The van der Waals surface area contributed by atoms with Crippen molar-refractivity contribution in [3.05, 3.63) is 11.7 Å². The zero-order valence-corrected chi connectivity index (χ0v) is 10.9. The molecule has 2 rings (SSSR count). The summed E-state index contributed by atoms with van der Waals surface area (Å²) in [6, 6.07) is 0.653. The van der Waals surface area contributed by atoms with Gasteiger partial charge in [0.1, 0.15) is 0 Å². The topological polar surface area (TPSA) is 54.2 Å². The normalized spacial score (nSPS) is 26.3. The Bertz CT molecular complexity index is 352. The second-order valence-electron chi connectivity index (χ2n) is 4.90. The van der Waals surface area contributed by atoms with Gasteiger partial charge in [-0.1, -0.05) is 19.0 Å². The fourth-order valence-corrected chi connectivity index (χ4v) is 2.54. The number of hydrogen-bond acceptors (Lipinski definition) is 5. The standard InChI is InChI=1S/C12H22N4O/c1-4-13-11-5-6-16(7-9(11)2)8-12-14-10(3)15-17-12/h9,11,13H,4-8H2,1-3H3. The van der Waals surface area contributed by atoms with E-state index in [1.165, 1.54) is 6.42 Å². The van der Waals surface area contributed by atoms with E-state index in [-0.39, 0.29) is 0 Å². The van der Waals surface area contributed by atoms with E-state index in [1.54, 1.807) is 0 Å². The van der Waals surface area contributed by atoms with E-state index in [2.05, 4.69) is 34.2 Å². The lowest BCUT2D eigenvalue weighted by molar-refractivity contribution is 0.128. The summed E-state index contributed by atoms with van der Waals surface area (Å²) >= 11 is 0. The summed E-state index contributed by atoms with van der Waals surface area (Å²) < 4.78 is 5.16. The van der Waals surface area contributed by atoms with Crippen LogP contribution in [0.5, 0.6) is 0 Å². The van der Waals surface area contributed by atoms with Crippen LogP contribution in [0.15, 0.2) is 4.52 Å². The zero-order valence-electron chi connectivity index (χ0n) is 10.9. The maximum atomic E-state index is 5.16. The van der Waals surface area contributed by atoms with E-state index < -0.39 is 0 Å². The Labute approximate surface area is 103 Å². The van der Waals surface area contributed by atoms with Crippen LogP contribution in [-0.2, 0) is 6.54 Å². The first-order chi connectivity index (χ1) is 8.19. The molecule has 0 spiro atoms. The number of hydrogen-bond donors (Lipinski definition) is 1. The molecule has 0 aromatic carbocycles. The summed E-state index contributed by atoms with van der Waals surface area (Å²) in [5.41, 5.74) is 0. The summed E-state index contributed by atoms with van der Waals surface area (Å²) in [4.78, 5) is 6.64. The predicted molar refractivity (Wildman–Crippen MR) is 65.6 cm³/mol. The molecule has 2 atom stereocenters. The van der Waals surface area contributed by atoms with Gasteiger partial charge in [-0.2, -0.15) is 4.98 Å². The Morgan fingerprint density at radius 1 is 1.53 bits per heavy atom. The van der Waals surface area contributed by atoms with Crippen LogP contribution in [0.2, 0.25) is 0 Å². The largest absolute Gasteiger partial charge is 0.338 e. The summed E-state index contributed by atoms with van der Waals surface area (Å²) in [7, 11) is 0. The van der Waals surface area contributed by atoms with Crippen LogP contribution in [0.3, 0.4) is 0 Å². The van der Waals surface area contributed by atoms with Crippen LogP contribution < -0.4 is 5.32 Å². The molecule has 0 radical (unpaired) electrons. The van der Waals surface area contributed by atoms with E-state index in [9.17, 15) is 0 Å². The van der Waals surface area contributed by atoms with Gasteiger partial charge in [0.25, 0.3) is 0 Å². The molecule has 0 aliphatic carbocycles. The molecule has 1 aromatic rings. The van der Waals surface area contributed by atoms with Crippen molar-refractivity contribution >= 4 is 0 Å². The summed E-state index contributed by atoms with van der Waals surface area (Å²) in [6.07, 6.45) is 1.20. The number of nitrogens with one attached hydrogen (secondary N) is 1. The van der Waals surface area contributed by atoms with Crippen molar-refractivity contribution < 1.29 is 4.52 Å². The Kier molecular flexibility index (Phi) is 4.12. The van der Waals surface area contributed by atoms with Crippen molar-refractivity contribution in [2.24, 2.45) is 5.92 Å². The summed E-state index contributed by atoms with van der Waals surface area (Å²) in [5.74, 6) is 2.12. The van der Waals surface area contributed by atoms with E-state index in [0.29, 0.717) is 12.0 Å². The number of likely N-dealkylation sites (tertiary alicyclic amines) is 1. The van der Waals surface area contributed by atoms with E-state index >= 15 is 0 Å². The molecule has 0 bridgehead atoms. The first-order valence-corrected chi connectivity index (χ1v) is 6.44. The van der Waals surface area contributed by atoms with Crippen LogP contribution in [0.4, 0.5) is 0 Å². The second kappa shape index (κ2) is 5.60. The van der Waals surface area contributed by atoms with Crippen molar-refractivity contribution in [2.45, 2.75) is 39.8 Å². The molecular weight excluding hydrogens is 216 g/mol. The van der Waals surface area contributed by atoms with Crippen LogP contribution >= 0.6 is 0 Å². The fraction of sp³-hybridized carbons (Fsp3) is 0.833. The highest BCUT2D eigenvalue weighted by Crippen LogP contribution is 2.18. The molecule has 1 saturated heterocycles. The lowest BCUT2D eigenvalue weighted by Gasteiger charge is -2.36. The molecule has 1 aromatic heterocycles. The van der Waals surface area contributed by atoms with Crippen molar-refractivity contribution in [3.63, 3.8) is 0 Å². The van der Waals surface area contributed by atoms with Gasteiger partial charge in [0.05, 0.1) is 6.54 Å². The maximum Gasteiger partial charge on any atom is 0.240 e. The van der Waals surface area contributed by atoms with Gasteiger partial charge in [-0.25, -0.2) is 0 Å². The minimum absolute atomic E-state index is 0.653. The Balaban J connectivity index is 1.85. The van der Waals surface area contributed by atoms with Gasteiger partial charge in [0, 0.05) is 19.1 Å². The van der Waals surface area contributed by atoms with Gasteiger partial charge < -0.3 is 9.84 Å². The number of aryl methyl sites for hydroxylation is 1. The average molecular weight is 238 g/mol. The lowest BCUT2D eigenvalue weighted by atomic mass is 9.94. The van der Waals surface area contributed by atoms with Gasteiger partial charge in [-0.15, -0.1) is 0 Å². The van der Waals surface area contributed by atoms with Crippen molar-refractivity contribution in [1.82, 2.24) is 20.4 Å². The smallest absolute Gasteiger partial charge is 0.240 e. The number of nitrogens with zero attached hydrogens (tertiary/aromatic N) is 3. The van der Waals surface area contributed by atoms with Gasteiger partial charge in [0.2, 0.25) is 5.89 Å². The van der Waals surface area contributed by atoms with Crippen LogP contribution in [-0.4, -0.2) is 40.7 Å². The zero-order chi connectivity index (χ0) is 12.3. The maximum absolute atomic E-state index is 5.16. The molecule has 5 nitrogen and oxygen atoms in total. The molecule has 1 N–H and O–H groups in total. The minimum Gasteiger partial charge on any atom is -0.338 e. The molecule has 1 aliphatic heterocycles. The number of piperidine rings is 1. The van der Waals surface area contributed by atoms with Crippen molar-refractivity contribution in [2.75, 3.05) is 19.6 Å². The predicted octanol–water partition coefficient (Wildman–Crippen LogP) is 1.20. The third-order valence-electron chi connectivity index (χ3n) is 3.38. The van der Waals surface area contributed by atoms with Gasteiger partial charge in [-0.3, -0.25) is 4.90 Å². The van der Waals surface area contributed by atoms with Crippen molar-refractivity contribution in [1.29, 1.82) is 0 Å². The van der Waals surface area contributed by atoms with E-state index in [1.807, 2.05) is 6.92 Å². The fourth-order valence-electron chi connectivity index (χ4n) is 2.54. The quantitative estimate of drug-likeness (QED) is 0.854. The van der Waals surface area contributed by atoms with E-state index in [4.69, 9.17) is 4.52 Å². The molecule has 2 heterocycles. The molecule has 1 fully saturated rings. The SMILES string of the molecule is CCNC1CCN(Cc2nc(C)no2)CC1C. The van der Waals surface area contributed by atoms with Crippen LogP contribution in [0, 0.1) is 12.8 Å². The first-order valence-electron chi connectivity index (χ1n) is 6.44. The molecule has 96 valence electrons. The van der Waals surface area contributed by atoms with Crippen LogP contribution in [0.1, 0.15) is 32.0 Å². The molecule has 2 unspecified atom stereocenters. The average Bonchev–Trinajstić information content (AvgIpc) is 2.68. The lowest BCUT2D eigenvalue weighted by Crippen LogP contribution is -2.47. The molecule has 1 aliphatic rings. The first kappa shape index (κ1) is 12.5. The third-order valence-corrected chi connectivity index (χ3v) is 3.38. The monoisotopic (exact) mass is 238 g/mol.